The van der Waals surface area contributed by atoms with Crippen molar-refractivity contribution in [2.24, 2.45) is 0 Å². The van der Waals surface area contributed by atoms with E-state index in [9.17, 15) is 4.79 Å². The zero-order valence-corrected chi connectivity index (χ0v) is 10.4. The highest BCUT2D eigenvalue weighted by Gasteiger charge is 2.25. The van der Waals surface area contributed by atoms with Crippen LogP contribution < -0.4 is 10.2 Å². The molecule has 17 heavy (non-hydrogen) atoms. The summed E-state index contributed by atoms with van der Waals surface area (Å²) in [6.07, 6.45) is 1.40. The Kier molecular flexibility index (Phi) is 3.18. The molecular formula is C14H18N2O. The lowest BCUT2D eigenvalue weighted by molar-refractivity contribution is -0.121. The Morgan fingerprint density at radius 2 is 2.12 bits per heavy atom. The van der Waals surface area contributed by atoms with Crippen molar-refractivity contribution < 1.29 is 4.79 Å². The van der Waals surface area contributed by atoms with Gasteiger partial charge in [0.1, 0.15) is 0 Å². The Hall–Kier alpha value is -1.77. The second-order valence-electron chi connectivity index (χ2n) is 4.53. The second-order valence-corrected chi connectivity index (χ2v) is 4.53. The van der Waals surface area contributed by atoms with E-state index in [1.54, 1.807) is 0 Å². The Labute approximate surface area is 102 Å². The predicted octanol–water partition coefficient (Wildman–Crippen LogP) is 2.22. The third-order valence-electron chi connectivity index (χ3n) is 3.31. The van der Waals surface area contributed by atoms with E-state index in [0.717, 1.165) is 12.1 Å². The number of amides is 1. The minimum Gasteiger partial charge on any atom is -0.366 e. The fourth-order valence-corrected chi connectivity index (χ4v) is 2.32. The Bertz CT molecular complexity index is 453. The summed E-state index contributed by atoms with van der Waals surface area (Å²) in [5, 5.41) is 2.82. The van der Waals surface area contributed by atoms with Crippen molar-refractivity contribution in [1.82, 2.24) is 5.32 Å². The van der Waals surface area contributed by atoms with Crippen LogP contribution in [0.15, 0.2) is 36.5 Å². The summed E-state index contributed by atoms with van der Waals surface area (Å²) in [4.78, 5) is 13.4. The van der Waals surface area contributed by atoms with Gasteiger partial charge in [0.05, 0.1) is 6.04 Å². The van der Waals surface area contributed by atoms with E-state index < -0.39 is 0 Å². The highest BCUT2D eigenvalue weighted by Crippen LogP contribution is 2.25. The van der Waals surface area contributed by atoms with E-state index in [1.807, 2.05) is 12.1 Å². The molecule has 1 aromatic carbocycles. The molecule has 1 unspecified atom stereocenters. The summed E-state index contributed by atoms with van der Waals surface area (Å²) in [6.45, 7) is 6.04. The average Bonchev–Trinajstić information content (AvgIpc) is 2.29. The molecule has 0 spiro atoms. The highest BCUT2D eigenvalue weighted by molar-refractivity contribution is 5.79. The van der Waals surface area contributed by atoms with Gasteiger partial charge in [-0.25, -0.2) is 0 Å². The first kappa shape index (κ1) is 11.7. The van der Waals surface area contributed by atoms with Gasteiger partial charge in [-0.3, -0.25) is 4.79 Å². The van der Waals surface area contributed by atoms with Crippen LogP contribution in [0.25, 0.3) is 0 Å². The molecule has 1 aliphatic heterocycles. The third kappa shape index (κ3) is 2.33. The van der Waals surface area contributed by atoms with Crippen LogP contribution >= 0.6 is 0 Å². The van der Waals surface area contributed by atoms with Crippen LogP contribution in [0.5, 0.6) is 0 Å². The first-order valence-corrected chi connectivity index (χ1v) is 5.86. The molecule has 1 N–H and O–H groups in total. The minimum atomic E-state index is 0.0735. The van der Waals surface area contributed by atoms with Crippen LogP contribution in [0.4, 0.5) is 5.69 Å². The fraction of sp³-hybridized carbons (Fsp3) is 0.357. The maximum absolute atomic E-state index is 11.3. The van der Waals surface area contributed by atoms with Gasteiger partial charge in [-0.1, -0.05) is 24.8 Å². The highest BCUT2D eigenvalue weighted by atomic mass is 16.1. The first-order valence-electron chi connectivity index (χ1n) is 5.86. The normalized spacial score (nSPS) is 20.0. The summed E-state index contributed by atoms with van der Waals surface area (Å²) in [6, 6.07) is 8.44. The molecular weight excluding hydrogens is 212 g/mol. The van der Waals surface area contributed by atoms with Crippen LogP contribution in [0, 0.1) is 6.92 Å². The monoisotopic (exact) mass is 230 g/mol. The number of hydrogen-bond donors (Lipinski definition) is 1. The van der Waals surface area contributed by atoms with Crippen molar-refractivity contribution in [3.63, 3.8) is 0 Å². The fourth-order valence-electron chi connectivity index (χ4n) is 2.32. The van der Waals surface area contributed by atoms with Crippen molar-refractivity contribution in [2.75, 3.05) is 11.9 Å². The number of para-hydroxylation sites is 1. The van der Waals surface area contributed by atoms with Crippen LogP contribution in [0.2, 0.25) is 0 Å². The van der Waals surface area contributed by atoms with Crippen molar-refractivity contribution in [3.8, 4) is 0 Å². The van der Waals surface area contributed by atoms with E-state index in [4.69, 9.17) is 0 Å². The average molecular weight is 230 g/mol. The zero-order valence-electron chi connectivity index (χ0n) is 10.4. The lowest BCUT2D eigenvalue weighted by atomic mass is 10.0. The van der Waals surface area contributed by atoms with Gasteiger partial charge in [-0.15, -0.1) is 0 Å². The largest absolute Gasteiger partial charge is 0.366 e. The van der Waals surface area contributed by atoms with Crippen molar-refractivity contribution in [2.45, 2.75) is 25.8 Å². The molecule has 0 aliphatic carbocycles. The Morgan fingerprint density at radius 3 is 2.76 bits per heavy atom. The number of benzene rings is 1. The van der Waals surface area contributed by atoms with E-state index in [2.05, 4.69) is 42.9 Å². The van der Waals surface area contributed by atoms with Crippen LogP contribution in [0.1, 0.15) is 18.4 Å². The summed E-state index contributed by atoms with van der Waals surface area (Å²) < 4.78 is 0. The van der Waals surface area contributed by atoms with E-state index in [0.29, 0.717) is 6.42 Å². The third-order valence-corrected chi connectivity index (χ3v) is 3.31. The van der Waals surface area contributed by atoms with Gasteiger partial charge in [0, 0.05) is 24.9 Å². The summed E-state index contributed by atoms with van der Waals surface area (Å²) in [7, 11) is 2.05. The van der Waals surface area contributed by atoms with Crippen LogP contribution in [0.3, 0.4) is 0 Å². The molecule has 1 saturated heterocycles. The first-order chi connectivity index (χ1) is 8.09. The summed E-state index contributed by atoms with van der Waals surface area (Å²) in [5.74, 6) is 0.0735. The molecule has 1 aromatic rings. The zero-order chi connectivity index (χ0) is 12.4. The van der Waals surface area contributed by atoms with Crippen molar-refractivity contribution in [3.05, 3.63) is 42.1 Å². The van der Waals surface area contributed by atoms with E-state index in [-0.39, 0.29) is 11.9 Å². The minimum absolute atomic E-state index is 0.0735. The molecule has 3 heteroatoms. The van der Waals surface area contributed by atoms with Gasteiger partial charge < -0.3 is 10.2 Å². The lowest BCUT2D eigenvalue weighted by Gasteiger charge is -2.35. The molecule has 90 valence electrons. The molecule has 1 atom stereocenters. The summed E-state index contributed by atoms with van der Waals surface area (Å²) in [5.41, 5.74) is 3.22. The number of nitrogens with one attached hydrogen (secondary N) is 1. The molecule has 1 aliphatic rings. The van der Waals surface area contributed by atoms with Gasteiger partial charge in [-0.2, -0.15) is 0 Å². The van der Waals surface area contributed by atoms with Crippen LogP contribution in [-0.2, 0) is 4.79 Å². The lowest BCUT2D eigenvalue weighted by Crippen LogP contribution is -2.44. The number of hydrogen-bond acceptors (Lipinski definition) is 2. The van der Waals surface area contributed by atoms with Crippen molar-refractivity contribution in [1.29, 1.82) is 0 Å². The molecule has 0 aromatic heterocycles. The molecule has 1 heterocycles. The summed E-state index contributed by atoms with van der Waals surface area (Å²) >= 11 is 0. The topological polar surface area (TPSA) is 32.3 Å². The predicted molar refractivity (Wildman–Crippen MR) is 69.9 cm³/mol. The van der Waals surface area contributed by atoms with Gasteiger partial charge in [0.15, 0.2) is 0 Å². The van der Waals surface area contributed by atoms with Gasteiger partial charge in [0.2, 0.25) is 5.91 Å². The quantitative estimate of drug-likeness (QED) is 0.845. The molecule has 0 bridgehead atoms. The van der Waals surface area contributed by atoms with Crippen LogP contribution in [-0.4, -0.2) is 19.0 Å². The molecule has 2 rings (SSSR count). The number of likely N-dealkylation sites (N-methyl/N-ethyl adjacent to an activating group) is 1. The molecule has 1 fully saturated rings. The standard InChI is InChI=1S/C14H18N2O/c1-10-6-4-5-7-12(10)16(3)13-8-9-14(17)15-11(13)2/h4-7,13H,2,8-9H2,1,3H3,(H,15,17). The van der Waals surface area contributed by atoms with Gasteiger partial charge in [-0.05, 0) is 25.0 Å². The number of rotatable bonds is 2. The maximum Gasteiger partial charge on any atom is 0.224 e. The number of carbonyl (C=O) groups is 1. The number of nitrogens with zero attached hydrogens (tertiary/aromatic N) is 1. The smallest absolute Gasteiger partial charge is 0.224 e. The maximum atomic E-state index is 11.3. The Balaban J connectivity index is 2.20. The molecule has 0 saturated carbocycles. The van der Waals surface area contributed by atoms with Gasteiger partial charge >= 0.3 is 0 Å². The molecule has 3 nitrogen and oxygen atoms in total. The molecule has 0 radical (unpaired) electrons. The number of anilines is 1. The number of piperidine rings is 1. The second kappa shape index (κ2) is 4.62. The van der Waals surface area contributed by atoms with E-state index >= 15 is 0 Å². The van der Waals surface area contributed by atoms with Crippen molar-refractivity contribution >= 4 is 11.6 Å². The number of carbonyl (C=O) groups excluding carboxylic acids is 1. The SMILES string of the molecule is C=C1NC(=O)CCC1N(C)c1ccccc1C. The Morgan fingerprint density at radius 1 is 1.41 bits per heavy atom. The molecule has 1 amide bonds. The van der Waals surface area contributed by atoms with E-state index in [1.165, 1.54) is 11.3 Å². The number of aryl methyl sites for hydroxylation is 1. The van der Waals surface area contributed by atoms with Gasteiger partial charge in [0.25, 0.3) is 0 Å².